The topological polar surface area (TPSA) is 73.3 Å². The number of nitrogens with one attached hydrogen (secondary N) is 1. The molecule has 0 saturated heterocycles. The molecule has 0 bridgehead atoms. The molecule has 0 unspecified atom stereocenters. The highest BCUT2D eigenvalue weighted by molar-refractivity contribution is 7.13. The Labute approximate surface area is 120 Å². The number of hydrogen-bond donors (Lipinski definition) is 1. The normalized spacial score (nSPS) is 10.1. The van der Waals surface area contributed by atoms with Gasteiger partial charge in [0.05, 0.1) is 13.7 Å². The molecule has 2 aromatic heterocycles. The highest BCUT2D eigenvalue weighted by atomic mass is 32.1. The van der Waals surface area contributed by atoms with Crippen LogP contribution in [0.3, 0.4) is 0 Å². The second-order valence-corrected chi connectivity index (χ2v) is 4.68. The lowest BCUT2D eigenvalue weighted by atomic mass is 10.3. The van der Waals surface area contributed by atoms with E-state index in [0.29, 0.717) is 29.9 Å². The first kappa shape index (κ1) is 14.3. The van der Waals surface area contributed by atoms with E-state index < -0.39 is 5.97 Å². The van der Waals surface area contributed by atoms with Crippen LogP contribution in [0.15, 0.2) is 23.7 Å². The van der Waals surface area contributed by atoms with Crippen LogP contribution in [0.25, 0.3) is 0 Å². The van der Waals surface area contributed by atoms with Crippen LogP contribution >= 0.6 is 11.3 Å². The Balaban J connectivity index is 1.95. The number of ether oxygens (including phenoxy) is 2. The molecule has 0 aliphatic rings. The van der Waals surface area contributed by atoms with Crippen LogP contribution in [0, 0.1) is 0 Å². The fourth-order valence-corrected chi connectivity index (χ4v) is 2.18. The van der Waals surface area contributed by atoms with E-state index in [1.54, 1.807) is 25.6 Å². The SMILES string of the molecule is CCOC(=O)c1csc(NCc2ccnc(OC)c2)n1. The molecule has 2 heterocycles. The minimum atomic E-state index is -0.401. The van der Waals surface area contributed by atoms with Crippen molar-refractivity contribution in [2.45, 2.75) is 13.5 Å². The summed E-state index contributed by atoms with van der Waals surface area (Å²) in [6.07, 6.45) is 1.68. The van der Waals surface area contributed by atoms with Gasteiger partial charge in [-0.3, -0.25) is 0 Å². The largest absolute Gasteiger partial charge is 0.481 e. The van der Waals surface area contributed by atoms with Gasteiger partial charge in [-0.15, -0.1) is 11.3 Å². The van der Waals surface area contributed by atoms with Gasteiger partial charge < -0.3 is 14.8 Å². The van der Waals surface area contributed by atoms with Crippen LogP contribution < -0.4 is 10.1 Å². The third-order valence-electron chi connectivity index (χ3n) is 2.44. The van der Waals surface area contributed by atoms with Gasteiger partial charge in [0.2, 0.25) is 5.88 Å². The first-order valence-electron chi connectivity index (χ1n) is 6.08. The van der Waals surface area contributed by atoms with Gasteiger partial charge in [0.1, 0.15) is 0 Å². The van der Waals surface area contributed by atoms with Gasteiger partial charge in [-0.25, -0.2) is 14.8 Å². The standard InChI is InChI=1S/C13H15N3O3S/c1-3-19-12(17)10-8-20-13(16-10)15-7-9-4-5-14-11(6-9)18-2/h4-6,8H,3,7H2,1-2H3,(H,15,16). The Hall–Kier alpha value is -2.15. The lowest BCUT2D eigenvalue weighted by Gasteiger charge is -2.04. The smallest absolute Gasteiger partial charge is 0.357 e. The van der Waals surface area contributed by atoms with Crippen LogP contribution in [-0.2, 0) is 11.3 Å². The molecule has 2 aromatic rings. The molecular formula is C13H15N3O3S. The number of carbonyl (C=O) groups excluding carboxylic acids is 1. The van der Waals surface area contributed by atoms with Crippen molar-refractivity contribution in [2.75, 3.05) is 19.0 Å². The second kappa shape index (κ2) is 6.85. The molecule has 1 N–H and O–H groups in total. The molecule has 0 aliphatic heterocycles. The summed E-state index contributed by atoms with van der Waals surface area (Å²) in [4.78, 5) is 19.7. The van der Waals surface area contributed by atoms with E-state index in [4.69, 9.17) is 9.47 Å². The fraction of sp³-hybridized carbons (Fsp3) is 0.308. The summed E-state index contributed by atoms with van der Waals surface area (Å²) in [5.41, 5.74) is 1.34. The molecule has 0 amide bonds. The van der Waals surface area contributed by atoms with Crippen molar-refractivity contribution in [3.63, 3.8) is 0 Å². The Morgan fingerprint density at radius 3 is 3.10 bits per heavy atom. The zero-order valence-electron chi connectivity index (χ0n) is 11.3. The molecule has 106 valence electrons. The highest BCUT2D eigenvalue weighted by Crippen LogP contribution is 2.17. The van der Waals surface area contributed by atoms with Crippen LogP contribution in [0.2, 0.25) is 0 Å². The van der Waals surface area contributed by atoms with Crippen molar-refractivity contribution < 1.29 is 14.3 Å². The summed E-state index contributed by atoms with van der Waals surface area (Å²) in [5.74, 6) is 0.165. The molecule has 6 nitrogen and oxygen atoms in total. The fourth-order valence-electron chi connectivity index (χ4n) is 1.50. The van der Waals surface area contributed by atoms with E-state index in [9.17, 15) is 4.79 Å². The maximum atomic E-state index is 11.5. The maximum absolute atomic E-state index is 11.5. The summed E-state index contributed by atoms with van der Waals surface area (Å²) in [6, 6.07) is 3.72. The predicted octanol–water partition coefficient (Wildman–Crippen LogP) is 2.34. The molecule has 0 atom stereocenters. The Morgan fingerprint density at radius 1 is 1.50 bits per heavy atom. The minimum absolute atomic E-state index is 0.326. The molecule has 0 aliphatic carbocycles. The average Bonchev–Trinajstić information content (AvgIpc) is 2.94. The maximum Gasteiger partial charge on any atom is 0.357 e. The van der Waals surface area contributed by atoms with E-state index in [2.05, 4.69) is 15.3 Å². The Morgan fingerprint density at radius 2 is 2.35 bits per heavy atom. The number of anilines is 1. The van der Waals surface area contributed by atoms with E-state index in [0.717, 1.165) is 5.56 Å². The number of carbonyl (C=O) groups is 1. The van der Waals surface area contributed by atoms with E-state index in [1.807, 2.05) is 12.1 Å². The van der Waals surface area contributed by atoms with Gasteiger partial charge in [-0.1, -0.05) is 0 Å². The number of aromatic nitrogens is 2. The first-order valence-corrected chi connectivity index (χ1v) is 6.96. The van der Waals surface area contributed by atoms with Crippen molar-refractivity contribution in [1.82, 2.24) is 9.97 Å². The summed E-state index contributed by atoms with van der Waals surface area (Å²) >= 11 is 1.36. The van der Waals surface area contributed by atoms with Gasteiger partial charge in [0.15, 0.2) is 10.8 Å². The number of hydrogen-bond acceptors (Lipinski definition) is 7. The summed E-state index contributed by atoms with van der Waals surface area (Å²) in [7, 11) is 1.58. The number of nitrogens with zero attached hydrogens (tertiary/aromatic N) is 2. The summed E-state index contributed by atoms with van der Waals surface area (Å²) < 4.78 is 9.94. The van der Waals surface area contributed by atoms with Gasteiger partial charge >= 0.3 is 5.97 Å². The third-order valence-corrected chi connectivity index (χ3v) is 3.24. The molecule has 20 heavy (non-hydrogen) atoms. The van der Waals surface area contributed by atoms with Gasteiger partial charge in [0.25, 0.3) is 0 Å². The van der Waals surface area contributed by atoms with Crippen molar-refractivity contribution in [3.8, 4) is 5.88 Å². The zero-order chi connectivity index (χ0) is 14.4. The zero-order valence-corrected chi connectivity index (χ0v) is 12.1. The Kier molecular flexibility index (Phi) is 4.89. The molecule has 2 rings (SSSR count). The van der Waals surface area contributed by atoms with Crippen molar-refractivity contribution in [2.24, 2.45) is 0 Å². The third kappa shape index (κ3) is 3.67. The molecule has 0 aromatic carbocycles. The monoisotopic (exact) mass is 293 g/mol. The molecule has 0 fully saturated rings. The van der Waals surface area contributed by atoms with Crippen LogP contribution in [0.4, 0.5) is 5.13 Å². The lowest BCUT2D eigenvalue weighted by molar-refractivity contribution is 0.0520. The molecule has 0 radical (unpaired) electrons. The number of pyridine rings is 1. The van der Waals surface area contributed by atoms with Crippen molar-refractivity contribution >= 4 is 22.4 Å². The molecule has 0 spiro atoms. The van der Waals surface area contributed by atoms with Crippen molar-refractivity contribution in [1.29, 1.82) is 0 Å². The van der Waals surface area contributed by atoms with Crippen LogP contribution in [0.1, 0.15) is 23.0 Å². The molecule has 0 saturated carbocycles. The van der Waals surface area contributed by atoms with Crippen LogP contribution in [0.5, 0.6) is 5.88 Å². The molecular weight excluding hydrogens is 278 g/mol. The second-order valence-electron chi connectivity index (χ2n) is 3.82. The lowest BCUT2D eigenvalue weighted by Crippen LogP contribution is -2.05. The highest BCUT2D eigenvalue weighted by Gasteiger charge is 2.11. The summed E-state index contributed by atoms with van der Waals surface area (Å²) in [6.45, 7) is 2.69. The van der Waals surface area contributed by atoms with E-state index in [-0.39, 0.29) is 0 Å². The van der Waals surface area contributed by atoms with E-state index in [1.165, 1.54) is 11.3 Å². The minimum Gasteiger partial charge on any atom is -0.481 e. The quantitative estimate of drug-likeness (QED) is 0.824. The predicted molar refractivity (Wildman–Crippen MR) is 76.2 cm³/mol. The number of methoxy groups -OCH3 is 1. The summed E-state index contributed by atoms with van der Waals surface area (Å²) in [5, 5.41) is 5.49. The molecule has 7 heteroatoms. The first-order chi connectivity index (χ1) is 9.72. The van der Waals surface area contributed by atoms with Crippen molar-refractivity contribution in [3.05, 3.63) is 35.0 Å². The average molecular weight is 293 g/mol. The Bertz CT molecular complexity index is 586. The number of rotatable bonds is 6. The van der Waals surface area contributed by atoms with E-state index >= 15 is 0 Å². The number of thiazole rings is 1. The van der Waals surface area contributed by atoms with Gasteiger partial charge in [-0.2, -0.15) is 0 Å². The van der Waals surface area contributed by atoms with Crippen LogP contribution in [-0.4, -0.2) is 29.7 Å². The van der Waals surface area contributed by atoms with Gasteiger partial charge in [-0.05, 0) is 18.6 Å². The van der Waals surface area contributed by atoms with Gasteiger partial charge in [0, 0.05) is 24.2 Å². The number of esters is 1.